The molecule has 0 aliphatic rings. The third-order valence-electron chi connectivity index (χ3n) is 3.71. The van der Waals surface area contributed by atoms with Crippen LogP contribution in [-0.2, 0) is 10.0 Å². The molecule has 0 saturated carbocycles. The first-order valence-corrected chi connectivity index (χ1v) is 9.41. The van der Waals surface area contributed by atoms with E-state index in [-0.39, 0.29) is 16.5 Å². The number of aromatic hydroxyl groups is 1. The van der Waals surface area contributed by atoms with Gasteiger partial charge in [-0.1, -0.05) is 48.0 Å². The first-order chi connectivity index (χ1) is 12.4. The van der Waals surface area contributed by atoms with Gasteiger partial charge in [0.05, 0.1) is 4.90 Å². The summed E-state index contributed by atoms with van der Waals surface area (Å²) < 4.78 is 29.4. The van der Waals surface area contributed by atoms with Gasteiger partial charge in [-0.05, 0) is 43.3 Å². The highest BCUT2D eigenvalue weighted by Crippen LogP contribution is 2.18. The van der Waals surface area contributed by atoms with Crippen LogP contribution in [0.3, 0.4) is 0 Å². The summed E-state index contributed by atoms with van der Waals surface area (Å²) in [5.41, 5.74) is 2.22. The molecule has 0 unspecified atom stereocenters. The Morgan fingerprint density at radius 1 is 0.885 bits per heavy atom. The first-order valence-electron chi connectivity index (χ1n) is 7.97. The van der Waals surface area contributed by atoms with Crippen LogP contribution in [0.15, 0.2) is 88.2 Å². The molecular formula is C20H18N2O3S. The zero-order chi connectivity index (χ0) is 18.6. The van der Waals surface area contributed by atoms with Crippen LogP contribution in [0.1, 0.15) is 11.1 Å². The van der Waals surface area contributed by atoms with E-state index in [1.54, 1.807) is 36.4 Å². The van der Waals surface area contributed by atoms with Gasteiger partial charge in [-0.25, -0.2) is 0 Å². The van der Waals surface area contributed by atoms with Gasteiger partial charge in [0.15, 0.2) is 5.84 Å². The molecule has 0 radical (unpaired) electrons. The molecule has 6 heteroatoms. The van der Waals surface area contributed by atoms with Crippen LogP contribution in [0.4, 0.5) is 5.69 Å². The van der Waals surface area contributed by atoms with Gasteiger partial charge in [-0.3, -0.25) is 0 Å². The summed E-state index contributed by atoms with van der Waals surface area (Å²) >= 11 is 0. The minimum absolute atomic E-state index is 0.126. The predicted molar refractivity (Wildman–Crippen MR) is 103 cm³/mol. The summed E-state index contributed by atoms with van der Waals surface area (Å²) in [5.74, 6) is 0.331. The smallest absolute Gasteiger partial charge is 0.284 e. The van der Waals surface area contributed by atoms with Crippen molar-refractivity contribution in [3.63, 3.8) is 0 Å². The Kier molecular flexibility index (Phi) is 5.04. The second-order valence-electron chi connectivity index (χ2n) is 5.77. The summed E-state index contributed by atoms with van der Waals surface area (Å²) in [6, 6.07) is 21.9. The van der Waals surface area contributed by atoms with Crippen molar-refractivity contribution in [2.45, 2.75) is 11.8 Å². The molecule has 0 bridgehead atoms. The second-order valence-corrected chi connectivity index (χ2v) is 7.37. The molecule has 0 fully saturated rings. The number of anilines is 1. The number of hydrogen-bond acceptors (Lipinski definition) is 3. The lowest BCUT2D eigenvalue weighted by molar-refractivity contribution is 0.475. The third kappa shape index (κ3) is 4.29. The van der Waals surface area contributed by atoms with Gasteiger partial charge < -0.3 is 10.4 Å². The molecule has 3 rings (SSSR count). The molecule has 0 spiro atoms. The van der Waals surface area contributed by atoms with Crippen molar-refractivity contribution in [1.82, 2.24) is 0 Å². The highest BCUT2D eigenvalue weighted by atomic mass is 32.2. The normalized spacial score (nSPS) is 12.0. The zero-order valence-corrected chi connectivity index (χ0v) is 14.9. The fourth-order valence-corrected chi connectivity index (χ4v) is 3.29. The lowest BCUT2D eigenvalue weighted by Gasteiger charge is -2.11. The number of rotatable bonds is 4. The van der Waals surface area contributed by atoms with Crippen LogP contribution in [-0.4, -0.2) is 19.4 Å². The lowest BCUT2D eigenvalue weighted by atomic mass is 10.2. The number of amidine groups is 1. The molecule has 0 amide bonds. The van der Waals surface area contributed by atoms with E-state index in [1.165, 1.54) is 24.3 Å². The number of phenolic OH excluding ortho intramolecular Hbond substituents is 1. The maximum atomic E-state index is 12.7. The SMILES string of the molecule is Cc1ccc(S(=O)(=O)N=C(Nc2ccc(O)cc2)c2ccccc2)cc1. The quantitative estimate of drug-likeness (QED) is 0.416. The van der Waals surface area contributed by atoms with E-state index in [0.717, 1.165) is 5.56 Å². The fraction of sp³-hybridized carbons (Fsp3) is 0.0500. The highest BCUT2D eigenvalue weighted by molar-refractivity contribution is 7.90. The van der Waals surface area contributed by atoms with Crippen LogP contribution in [0.25, 0.3) is 0 Å². The summed E-state index contributed by atoms with van der Waals surface area (Å²) in [7, 11) is -3.88. The molecule has 3 aromatic carbocycles. The van der Waals surface area contributed by atoms with Crippen molar-refractivity contribution in [2.24, 2.45) is 4.40 Å². The number of nitrogens with one attached hydrogen (secondary N) is 1. The zero-order valence-electron chi connectivity index (χ0n) is 14.1. The topological polar surface area (TPSA) is 78.8 Å². The van der Waals surface area contributed by atoms with Gasteiger partial charge in [0.2, 0.25) is 0 Å². The Bertz CT molecular complexity index is 1010. The molecule has 0 aromatic heterocycles. The first kappa shape index (κ1) is 17.7. The summed E-state index contributed by atoms with van der Waals surface area (Å²) in [6.07, 6.45) is 0. The second kappa shape index (κ2) is 7.41. The average molecular weight is 366 g/mol. The summed E-state index contributed by atoms with van der Waals surface area (Å²) in [6.45, 7) is 1.89. The molecule has 26 heavy (non-hydrogen) atoms. The molecule has 3 aromatic rings. The van der Waals surface area contributed by atoms with Crippen molar-refractivity contribution in [3.8, 4) is 5.75 Å². The molecule has 5 nitrogen and oxygen atoms in total. The number of phenols is 1. The van der Waals surface area contributed by atoms with Crippen molar-refractivity contribution in [3.05, 3.63) is 90.0 Å². The number of hydrogen-bond donors (Lipinski definition) is 2. The van der Waals surface area contributed by atoms with Gasteiger partial charge >= 0.3 is 0 Å². The molecule has 0 saturated heterocycles. The van der Waals surface area contributed by atoms with Gasteiger partial charge in [0, 0.05) is 11.3 Å². The van der Waals surface area contributed by atoms with Crippen molar-refractivity contribution < 1.29 is 13.5 Å². The maximum Gasteiger partial charge on any atom is 0.284 e. The highest BCUT2D eigenvalue weighted by Gasteiger charge is 2.15. The van der Waals surface area contributed by atoms with E-state index in [0.29, 0.717) is 11.3 Å². The summed E-state index contributed by atoms with van der Waals surface area (Å²) in [4.78, 5) is 0.129. The monoisotopic (exact) mass is 366 g/mol. The predicted octanol–water partition coefficient (Wildman–Crippen LogP) is 3.95. The van der Waals surface area contributed by atoms with Crippen LogP contribution >= 0.6 is 0 Å². The minimum atomic E-state index is -3.88. The molecule has 0 aliphatic carbocycles. The van der Waals surface area contributed by atoms with Gasteiger partial charge in [0.1, 0.15) is 5.75 Å². The minimum Gasteiger partial charge on any atom is -0.508 e. The Balaban J connectivity index is 2.03. The fourth-order valence-electron chi connectivity index (χ4n) is 2.31. The van der Waals surface area contributed by atoms with Gasteiger partial charge in [0.25, 0.3) is 10.0 Å². The van der Waals surface area contributed by atoms with E-state index in [4.69, 9.17) is 0 Å². The van der Waals surface area contributed by atoms with Crippen LogP contribution in [0.5, 0.6) is 5.75 Å². The number of sulfonamides is 1. The van der Waals surface area contributed by atoms with E-state index >= 15 is 0 Å². The van der Waals surface area contributed by atoms with Crippen LogP contribution < -0.4 is 5.32 Å². The Labute approximate surface area is 152 Å². The molecular weight excluding hydrogens is 348 g/mol. The summed E-state index contributed by atoms with van der Waals surface area (Å²) in [5, 5.41) is 12.4. The van der Waals surface area contributed by atoms with E-state index < -0.39 is 10.0 Å². The largest absolute Gasteiger partial charge is 0.508 e. The number of aryl methyl sites for hydroxylation is 1. The number of nitrogens with zero attached hydrogens (tertiary/aromatic N) is 1. The maximum absolute atomic E-state index is 12.7. The molecule has 0 aliphatic heterocycles. The van der Waals surface area contributed by atoms with Gasteiger partial charge in [-0.15, -0.1) is 4.40 Å². The third-order valence-corrected chi connectivity index (χ3v) is 5.00. The Morgan fingerprint density at radius 3 is 2.12 bits per heavy atom. The molecule has 132 valence electrons. The van der Waals surface area contributed by atoms with E-state index in [1.807, 2.05) is 25.1 Å². The lowest BCUT2D eigenvalue weighted by Crippen LogP contribution is -2.16. The molecule has 0 heterocycles. The van der Waals surface area contributed by atoms with Gasteiger partial charge in [-0.2, -0.15) is 8.42 Å². The van der Waals surface area contributed by atoms with Crippen LogP contribution in [0, 0.1) is 6.92 Å². The standard InChI is InChI=1S/C20H18N2O3S/c1-15-7-13-19(14-8-15)26(24,25)22-20(16-5-3-2-4-6-16)21-17-9-11-18(23)12-10-17/h2-14,23H,1H3,(H,21,22). The van der Waals surface area contributed by atoms with Crippen molar-refractivity contribution >= 4 is 21.5 Å². The average Bonchev–Trinajstić information content (AvgIpc) is 2.64. The Morgan fingerprint density at radius 2 is 1.50 bits per heavy atom. The molecule has 0 atom stereocenters. The Hall–Kier alpha value is -3.12. The van der Waals surface area contributed by atoms with E-state index in [9.17, 15) is 13.5 Å². The van der Waals surface area contributed by atoms with Crippen LogP contribution in [0.2, 0.25) is 0 Å². The van der Waals surface area contributed by atoms with Crippen molar-refractivity contribution in [2.75, 3.05) is 5.32 Å². The van der Waals surface area contributed by atoms with E-state index in [2.05, 4.69) is 9.71 Å². The van der Waals surface area contributed by atoms with Crippen molar-refractivity contribution in [1.29, 1.82) is 0 Å². The molecule has 2 N–H and O–H groups in total. The number of benzene rings is 3.